The van der Waals surface area contributed by atoms with Crippen LogP contribution in [0.3, 0.4) is 0 Å². The van der Waals surface area contributed by atoms with Crippen molar-refractivity contribution in [2.45, 2.75) is 70.6 Å². The fourth-order valence-electron chi connectivity index (χ4n) is 3.49. The maximum absolute atomic E-state index is 12.3. The number of carboxylic acid groups (broad SMARTS) is 1. The maximum Gasteiger partial charge on any atom is 0.311 e. The van der Waals surface area contributed by atoms with E-state index in [4.69, 9.17) is 9.84 Å². The summed E-state index contributed by atoms with van der Waals surface area (Å²) in [5.41, 5.74) is 1.51. The quantitative estimate of drug-likeness (QED) is 0.0993. The highest BCUT2D eigenvalue weighted by atomic mass is 16.5. The third kappa shape index (κ3) is 11.8. The summed E-state index contributed by atoms with van der Waals surface area (Å²) in [5.74, 6) is -0.618. The Labute approximate surface area is 196 Å². The first kappa shape index (κ1) is 26.0. The van der Waals surface area contributed by atoms with Gasteiger partial charge >= 0.3 is 11.9 Å². The normalized spacial score (nSPS) is 10.9. The molecular weight excluding hydrogens is 416 g/mol. The number of ether oxygens (including phenoxy) is 1. The standard InChI is InChI=1S/C28H34O5/c29-26(22-17-23-13-9-8-10-14-23)24-18-20-25(21-19-24)33-28(32)16-12-7-5-3-1-2-4-6-11-15-27(30)31/h8-10,13-14,17-22H,1-7,11-12,15-16H2,(H,30,31)/b22-17+. The highest BCUT2D eigenvalue weighted by Crippen LogP contribution is 2.16. The molecular formula is C28H34O5. The molecule has 0 saturated carbocycles. The average Bonchev–Trinajstić information content (AvgIpc) is 2.82. The minimum Gasteiger partial charge on any atom is -0.481 e. The summed E-state index contributed by atoms with van der Waals surface area (Å²) in [7, 11) is 0. The van der Waals surface area contributed by atoms with E-state index in [1.54, 1.807) is 30.3 Å². The fraction of sp³-hybridized carbons (Fsp3) is 0.393. The summed E-state index contributed by atoms with van der Waals surface area (Å²) in [4.78, 5) is 34.7. The molecule has 0 heterocycles. The van der Waals surface area contributed by atoms with Crippen molar-refractivity contribution in [2.24, 2.45) is 0 Å². The molecule has 2 rings (SSSR count). The second-order valence-electron chi connectivity index (χ2n) is 8.18. The molecule has 33 heavy (non-hydrogen) atoms. The van der Waals surface area contributed by atoms with Crippen LogP contribution in [0, 0.1) is 0 Å². The van der Waals surface area contributed by atoms with Gasteiger partial charge in [0.2, 0.25) is 0 Å². The molecule has 0 amide bonds. The number of ketones is 1. The minimum atomic E-state index is -0.715. The number of carbonyl (C=O) groups is 3. The van der Waals surface area contributed by atoms with Gasteiger partial charge in [0.25, 0.3) is 0 Å². The fourth-order valence-corrected chi connectivity index (χ4v) is 3.49. The monoisotopic (exact) mass is 450 g/mol. The van der Waals surface area contributed by atoms with Crippen LogP contribution in [0.2, 0.25) is 0 Å². The largest absolute Gasteiger partial charge is 0.481 e. The second kappa shape index (κ2) is 15.6. The van der Waals surface area contributed by atoms with Crippen molar-refractivity contribution in [3.8, 4) is 5.75 Å². The van der Waals surface area contributed by atoms with Crippen LogP contribution in [0.5, 0.6) is 5.75 Å². The van der Waals surface area contributed by atoms with Crippen molar-refractivity contribution < 1.29 is 24.2 Å². The van der Waals surface area contributed by atoms with Gasteiger partial charge in [-0.2, -0.15) is 0 Å². The first-order valence-corrected chi connectivity index (χ1v) is 11.8. The summed E-state index contributed by atoms with van der Waals surface area (Å²) in [5, 5.41) is 8.59. The smallest absolute Gasteiger partial charge is 0.311 e. The Hall–Kier alpha value is -3.21. The number of esters is 1. The van der Waals surface area contributed by atoms with Gasteiger partial charge in [0, 0.05) is 18.4 Å². The molecule has 2 aromatic rings. The van der Waals surface area contributed by atoms with Crippen molar-refractivity contribution in [3.05, 3.63) is 71.8 Å². The number of carboxylic acids is 1. The molecule has 176 valence electrons. The van der Waals surface area contributed by atoms with E-state index in [1.807, 2.05) is 30.3 Å². The van der Waals surface area contributed by atoms with Crippen molar-refractivity contribution in [2.75, 3.05) is 0 Å². The number of hydrogen-bond acceptors (Lipinski definition) is 4. The van der Waals surface area contributed by atoms with Crippen LogP contribution in [0.15, 0.2) is 60.7 Å². The van der Waals surface area contributed by atoms with Gasteiger partial charge in [0.15, 0.2) is 5.78 Å². The summed E-state index contributed by atoms with van der Waals surface area (Å²) in [6, 6.07) is 16.3. The van der Waals surface area contributed by atoms with E-state index in [2.05, 4.69) is 0 Å². The zero-order chi connectivity index (χ0) is 23.7. The summed E-state index contributed by atoms with van der Waals surface area (Å²) in [6.07, 6.45) is 13.1. The predicted molar refractivity (Wildman–Crippen MR) is 130 cm³/mol. The van der Waals surface area contributed by atoms with Crippen molar-refractivity contribution in [3.63, 3.8) is 0 Å². The highest BCUT2D eigenvalue weighted by Gasteiger charge is 2.07. The van der Waals surface area contributed by atoms with Gasteiger partial charge in [0.05, 0.1) is 0 Å². The zero-order valence-electron chi connectivity index (χ0n) is 19.2. The molecule has 0 atom stereocenters. The molecule has 0 aliphatic heterocycles. The van der Waals surface area contributed by atoms with Crippen LogP contribution in [0.4, 0.5) is 0 Å². The van der Waals surface area contributed by atoms with Crippen LogP contribution in [0.25, 0.3) is 6.08 Å². The van der Waals surface area contributed by atoms with Crippen molar-refractivity contribution in [1.29, 1.82) is 0 Å². The van der Waals surface area contributed by atoms with Crippen LogP contribution >= 0.6 is 0 Å². The molecule has 0 fully saturated rings. The lowest BCUT2D eigenvalue weighted by Gasteiger charge is -2.05. The van der Waals surface area contributed by atoms with Gasteiger partial charge in [-0.15, -0.1) is 0 Å². The Morgan fingerprint density at radius 2 is 1.24 bits per heavy atom. The first-order chi connectivity index (χ1) is 16.0. The molecule has 5 nitrogen and oxygen atoms in total. The van der Waals surface area contributed by atoms with Gasteiger partial charge in [-0.3, -0.25) is 14.4 Å². The number of unbranched alkanes of at least 4 members (excludes halogenated alkanes) is 8. The lowest BCUT2D eigenvalue weighted by Crippen LogP contribution is -2.07. The Morgan fingerprint density at radius 1 is 0.697 bits per heavy atom. The summed E-state index contributed by atoms with van der Waals surface area (Å²) < 4.78 is 5.37. The molecule has 0 spiro atoms. The van der Waals surface area contributed by atoms with E-state index in [0.29, 0.717) is 17.7 Å². The van der Waals surface area contributed by atoms with E-state index in [-0.39, 0.29) is 18.2 Å². The minimum absolute atomic E-state index is 0.100. The predicted octanol–water partition coefficient (Wildman–Crippen LogP) is 6.86. The van der Waals surface area contributed by atoms with Gasteiger partial charge < -0.3 is 9.84 Å². The zero-order valence-corrected chi connectivity index (χ0v) is 19.2. The number of allylic oxidation sites excluding steroid dienone is 1. The summed E-state index contributed by atoms with van der Waals surface area (Å²) in [6.45, 7) is 0. The molecule has 0 bridgehead atoms. The third-order valence-corrected chi connectivity index (χ3v) is 5.37. The number of hydrogen-bond donors (Lipinski definition) is 1. The van der Waals surface area contributed by atoms with Gasteiger partial charge in [-0.05, 0) is 48.7 Å². The van der Waals surface area contributed by atoms with Crippen molar-refractivity contribution >= 4 is 23.8 Å². The Kier molecular flexibility index (Phi) is 12.3. The third-order valence-electron chi connectivity index (χ3n) is 5.37. The van der Waals surface area contributed by atoms with Crippen molar-refractivity contribution in [1.82, 2.24) is 0 Å². The van der Waals surface area contributed by atoms with Crippen LogP contribution in [-0.4, -0.2) is 22.8 Å². The average molecular weight is 451 g/mol. The van der Waals surface area contributed by atoms with Gasteiger partial charge in [0.1, 0.15) is 5.75 Å². The molecule has 0 saturated heterocycles. The van der Waals surface area contributed by atoms with Crippen LogP contribution < -0.4 is 4.74 Å². The van der Waals surface area contributed by atoms with E-state index in [0.717, 1.165) is 63.4 Å². The number of carbonyl (C=O) groups excluding carboxylic acids is 2. The van der Waals surface area contributed by atoms with Gasteiger partial charge in [-0.25, -0.2) is 0 Å². The molecule has 2 aromatic carbocycles. The summed E-state index contributed by atoms with van der Waals surface area (Å²) >= 11 is 0. The van der Waals surface area contributed by atoms with E-state index < -0.39 is 5.97 Å². The lowest BCUT2D eigenvalue weighted by molar-refractivity contribution is -0.137. The molecule has 1 N–H and O–H groups in total. The number of rotatable bonds is 16. The molecule has 0 aromatic heterocycles. The Bertz CT molecular complexity index is 884. The van der Waals surface area contributed by atoms with E-state index >= 15 is 0 Å². The molecule has 0 unspecified atom stereocenters. The molecule has 5 heteroatoms. The number of aliphatic carboxylic acids is 1. The number of benzene rings is 2. The maximum atomic E-state index is 12.3. The topological polar surface area (TPSA) is 80.7 Å². The van der Waals surface area contributed by atoms with E-state index in [9.17, 15) is 14.4 Å². The SMILES string of the molecule is O=C(O)CCCCCCCCCCCC(=O)Oc1ccc(C(=O)/C=C/c2ccccc2)cc1. The van der Waals surface area contributed by atoms with E-state index in [1.165, 1.54) is 6.08 Å². The van der Waals surface area contributed by atoms with Crippen LogP contribution in [-0.2, 0) is 9.59 Å². The lowest BCUT2D eigenvalue weighted by atomic mass is 10.1. The van der Waals surface area contributed by atoms with Crippen LogP contribution in [0.1, 0.15) is 86.6 Å². The molecule has 0 aliphatic rings. The molecule has 0 radical (unpaired) electrons. The van der Waals surface area contributed by atoms with Gasteiger partial charge in [-0.1, -0.05) is 81.4 Å². The first-order valence-electron chi connectivity index (χ1n) is 11.8. The second-order valence-corrected chi connectivity index (χ2v) is 8.18. The Balaban J connectivity index is 1.56. The highest BCUT2D eigenvalue weighted by molar-refractivity contribution is 6.06. The molecule has 0 aliphatic carbocycles. The Morgan fingerprint density at radius 3 is 1.82 bits per heavy atom.